The third-order valence-electron chi connectivity index (χ3n) is 1.25. The Morgan fingerprint density at radius 3 is 1.93 bits per heavy atom. The van der Waals surface area contributed by atoms with E-state index in [2.05, 4.69) is 9.47 Å². The predicted octanol–water partition coefficient (Wildman–Crippen LogP) is 0.103. The molecule has 0 bridgehead atoms. The summed E-state index contributed by atoms with van der Waals surface area (Å²) in [5.41, 5.74) is 0. The van der Waals surface area contributed by atoms with Gasteiger partial charge in [-0.1, -0.05) is 0 Å². The Bertz CT molecular complexity index is 171. The molecular weight excluding hydrogens is 204 g/mol. The van der Waals surface area contributed by atoms with Gasteiger partial charge in [0.25, 0.3) is 0 Å². The lowest BCUT2D eigenvalue weighted by Gasteiger charge is -2.05. The van der Waals surface area contributed by atoms with Crippen LogP contribution in [-0.2, 0) is 28.5 Å². The van der Waals surface area contributed by atoms with Gasteiger partial charge in [-0.3, -0.25) is 9.59 Å². The number of rotatable bonds is 8. The molecule has 0 N–H and O–H groups in total. The molecule has 0 aliphatic heterocycles. The Labute approximate surface area is 88.4 Å². The number of hydrogen-bond acceptors (Lipinski definition) is 6. The van der Waals surface area contributed by atoms with Gasteiger partial charge in [0.2, 0.25) is 0 Å². The maximum atomic E-state index is 10.3. The van der Waals surface area contributed by atoms with E-state index in [9.17, 15) is 9.59 Å². The monoisotopic (exact) mass is 220 g/mol. The van der Waals surface area contributed by atoms with Crippen LogP contribution in [0.4, 0.5) is 0 Å². The lowest BCUT2D eigenvalue weighted by molar-refractivity contribution is -0.154. The highest BCUT2D eigenvalue weighted by atomic mass is 16.7. The standard InChI is InChI=1S/C9H16O6/c1-8(10)14-6-5-12-3-4-13-7-15-9(2)11/h3-7H2,1-2H3. The molecule has 6 heteroatoms. The third-order valence-corrected chi connectivity index (χ3v) is 1.25. The lowest BCUT2D eigenvalue weighted by Crippen LogP contribution is -2.12. The first-order valence-corrected chi connectivity index (χ1v) is 4.55. The van der Waals surface area contributed by atoms with Gasteiger partial charge in [0, 0.05) is 13.8 Å². The van der Waals surface area contributed by atoms with E-state index in [4.69, 9.17) is 9.47 Å². The SMILES string of the molecule is CC(=O)OCCOCCOCOC(C)=O. The van der Waals surface area contributed by atoms with Crippen LogP contribution in [0.2, 0.25) is 0 Å². The smallest absolute Gasteiger partial charge is 0.304 e. The van der Waals surface area contributed by atoms with Crippen LogP contribution in [-0.4, -0.2) is 45.2 Å². The van der Waals surface area contributed by atoms with Crippen molar-refractivity contribution in [3.8, 4) is 0 Å². The molecule has 0 radical (unpaired) electrons. The van der Waals surface area contributed by atoms with E-state index in [0.29, 0.717) is 19.8 Å². The molecule has 0 aromatic heterocycles. The fourth-order valence-electron chi connectivity index (χ4n) is 0.648. The minimum absolute atomic E-state index is 0.0668. The average Bonchev–Trinajstić information content (AvgIpc) is 2.14. The van der Waals surface area contributed by atoms with E-state index in [1.807, 2.05) is 0 Å². The molecule has 0 saturated carbocycles. The first-order valence-electron chi connectivity index (χ1n) is 4.55. The van der Waals surface area contributed by atoms with Crippen molar-refractivity contribution in [1.82, 2.24) is 0 Å². The van der Waals surface area contributed by atoms with Crippen LogP contribution < -0.4 is 0 Å². The van der Waals surface area contributed by atoms with E-state index >= 15 is 0 Å². The zero-order valence-electron chi connectivity index (χ0n) is 8.99. The molecule has 88 valence electrons. The molecule has 0 aliphatic rings. The number of carbonyl (C=O) groups excluding carboxylic acids is 2. The highest BCUT2D eigenvalue weighted by Gasteiger charge is 1.94. The van der Waals surface area contributed by atoms with Gasteiger partial charge in [0.1, 0.15) is 6.61 Å². The molecule has 0 aromatic carbocycles. The normalized spacial score (nSPS) is 9.73. The summed E-state index contributed by atoms with van der Waals surface area (Å²) in [5.74, 6) is -0.713. The Morgan fingerprint density at radius 2 is 1.33 bits per heavy atom. The Kier molecular flexibility index (Phi) is 8.70. The first-order chi connectivity index (χ1) is 7.13. The Balaban J connectivity index is 2.99. The van der Waals surface area contributed by atoms with Crippen LogP contribution in [0.5, 0.6) is 0 Å². The van der Waals surface area contributed by atoms with Crippen LogP contribution in [0, 0.1) is 0 Å². The highest BCUT2D eigenvalue weighted by Crippen LogP contribution is 1.83. The molecule has 0 aliphatic carbocycles. The minimum Gasteiger partial charge on any atom is -0.463 e. The molecule has 0 rings (SSSR count). The van der Waals surface area contributed by atoms with Crippen LogP contribution in [0.1, 0.15) is 13.8 Å². The van der Waals surface area contributed by atoms with Gasteiger partial charge in [-0.05, 0) is 0 Å². The fourth-order valence-corrected chi connectivity index (χ4v) is 0.648. The summed E-state index contributed by atoms with van der Waals surface area (Å²) in [5, 5.41) is 0. The molecule has 6 nitrogen and oxygen atoms in total. The van der Waals surface area contributed by atoms with Gasteiger partial charge in [0.05, 0.1) is 19.8 Å². The van der Waals surface area contributed by atoms with Crippen LogP contribution in [0.15, 0.2) is 0 Å². The van der Waals surface area contributed by atoms with Gasteiger partial charge in [-0.15, -0.1) is 0 Å². The zero-order valence-corrected chi connectivity index (χ0v) is 8.99. The molecule has 0 fully saturated rings. The second kappa shape index (κ2) is 9.42. The highest BCUT2D eigenvalue weighted by molar-refractivity contribution is 5.66. The zero-order chi connectivity index (χ0) is 11.5. The second-order valence-electron chi connectivity index (χ2n) is 2.61. The quantitative estimate of drug-likeness (QED) is 0.328. The summed E-state index contributed by atoms with van der Waals surface area (Å²) in [7, 11) is 0. The van der Waals surface area contributed by atoms with Crippen LogP contribution in [0.25, 0.3) is 0 Å². The van der Waals surface area contributed by atoms with Gasteiger partial charge in [0.15, 0.2) is 6.79 Å². The molecule has 0 heterocycles. The maximum Gasteiger partial charge on any atom is 0.304 e. The maximum absolute atomic E-state index is 10.3. The van der Waals surface area contributed by atoms with Crippen molar-refractivity contribution in [1.29, 1.82) is 0 Å². The van der Waals surface area contributed by atoms with Crippen LogP contribution >= 0.6 is 0 Å². The molecule has 0 atom stereocenters. The van der Waals surface area contributed by atoms with Gasteiger partial charge in [-0.25, -0.2) is 0 Å². The predicted molar refractivity (Wildman–Crippen MR) is 50.0 cm³/mol. The number of ether oxygens (including phenoxy) is 4. The lowest BCUT2D eigenvalue weighted by atomic mass is 10.7. The summed E-state index contributed by atoms with van der Waals surface area (Å²) in [6.45, 7) is 3.83. The summed E-state index contributed by atoms with van der Waals surface area (Å²) in [6.07, 6.45) is 0. The van der Waals surface area contributed by atoms with Gasteiger partial charge in [-0.2, -0.15) is 0 Å². The van der Waals surface area contributed by atoms with Crippen molar-refractivity contribution < 1.29 is 28.5 Å². The molecule has 0 aromatic rings. The third kappa shape index (κ3) is 12.9. The number of carbonyl (C=O) groups is 2. The van der Waals surface area contributed by atoms with E-state index in [1.165, 1.54) is 13.8 Å². The second-order valence-corrected chi connectivity index (χ2v) is 2.61. The average molecular weight is 220 g/mol. The largest absolute Gasteiger partial charge is 0.463 e. The summed E-state index contributed by atoms with van der Waals surface area (Å²) < 4.78 is 19.1. The van der Waals surface area contributed by atoms with Crippen molar-refractivity contribution in [3.05, 3.63) is 0 Å². The van der Waals surface area contributed by atoms with Crippen molar-refractivity contribution in [3.63, 3.8) is 0 Å². The molecule has 0 saturated heterocycles. The van der Waals surface area contributed by atoms with E-state index in [1.54, 1.807) is 0 Å². The van der Waals surface area contributed by atoms with Crippen molar-refractivity contribution in [2.75, 3.05) is 33.2 Å². The summed E-state index contributed by atoms with van der Waals surface area (Å²) in [6, 6.07) is 0. The van der Waals surface area contributed by atoms with E-state index in [0.717, 1.165) is 0 Å². The topological polar surface area (TPSA) is 71.1 Å². The Morgan fingerprint density at radius 1 is 0.800 bits per heavy atom. The van der Waals surface area contributed by atoms with Crippen LogP contribution in [0.3, 0.4) is 0 Å². The van der Waals surface area contributed by atoms with Gasteiger partial charge >= 0.3 is 11.9 Å². The van der Waals surface area contributed by atoms with Crippen molar-refractivity contribution in [2.45, 2.75) is 13.8 Å². The first kappa shape index (κ1) is 13.9. The van der Waals surface area contributed by atoms with Crippen molar-refractivity contribution >= 4 is 11.9 Å². The molecule has 0 unspecified atom stereocenters. The molecular formula is C9H16O6. The van der Waals surface area contributed by atoms with E-state index in [-0.39, 0.29) is 25.3 Å². The number of esters is 2. The minimum atomic E-state index is -0.384. The molecule has 0 amide bonds. The molecule has 0 spiro atoms. The molecule has 15 heavy (non-hydrogen) atoms. The van der Waals surface area contributed by atoms with E-state index < -0.39 is 0 Å². The van der Waals surface area contributed by atoms with Crippen molar-refractivity contribution in [2.24, 2.45) is 0 Å². The summed E-state index contributed by atoms with van der Waals surface area (Å²) >= 11 is 0. The number of hydrogen-bond donors (Lipinski definition) is 0. The Hall–Kier alpha value is -1.14. The summed E-state index contributed by atoms with van der Waals surface area (Å²) in [4.78, 5) is 20.6. The van der Waals surface area contributed by atoms with Gasteiger partial charge < -0.3 is 18.9 Å². The fraction of sp³-hybridized carbons (Fsp3) is 0.778.